The molecule has 68 valence electrons. The molecule has 2 aromatic rings. The van der Waals surface area contributed by atoms with Crippen LogP contribution in [0.4, 0.5) is 0 Å². The largest absolute Gasteiger partial charge is 0.506 e. The van der Waals surface area contributed by atoms with E-state index in [1.165, 1.54) is 0 Å². The molecule has 0 saturated heterocycles. The topological polar surface area (TPSA) is 47.3 Å². The lowest BCUT2D eigenvalue weighted by atomic mass is 10.2. The Morgan fingerprint density at radius 1 is 1.46 bits per heavy atom. The predicted octanol–water partition coefficient (Wildman–Crippen LogP) is 1.29. The Morgan fingerprint density at radius 2 is 2.23 bits per heavy atom. The van der Waals surface area contributed by atoms with Gasteiger partial charge >= 0.3 is 0 Å². The number of ether oxygens (including phenoxy) is 1. The van der Waals surface area contributed by atoms with E-state index in [9.17, 15) is 5.11 Å². The van der Waals surface area contributed by atoms with Gasteiger partial charge in [0.15, 0.2) is 0 Å². The predicted molar refractivity (Wildman–Crippen MR) is 48.9 cm³/mol. The molecule has 0 aliphatic carbocycles. The Balaban J connectivity index is 2.88. The van der Waals surface area contributed by atoms with Gasteiger partial charge in [0.05, 0.1) is 13.4 Å². The third-order valence-corrected chi connectivity index (χ3v) is 2.03. The minimum absolute atomic E-state index is 0.177. The van der Waals surface area contributed by atoms with Crippen LogP contribution in [0.2, 0.25) is 0 Å². The number of aryl methyl sites for hydroxylation is 1. The van der Waals surface area contributed by atoms with Crippen molar-refractivity contribution in [1.82, 2.24) is 9.55 Å². The number of imidazole rings is 1. The molecule has 4 heteroatoms. The first-order valence-corrected chi connectivity index (χ1v) is 3.91. The van der Waals surface area contributed by atoms with Crippen molar-refractivity contribution in [2.24, 2.45) is 7.05 Å². The molecule has 0 spiro atoms. The van der Waals surface area contributed by atoms with Crippen LogP contribution in [0.25, 0.3) is 11.0 Å². The van der Waals surface area contributed by atoms with E-state index >= 15 is 0 Å². The number of phenols is 1. The third-order valence-electron chi connectivity index (χ3n) is 2.03. The van der Waals surface area contributed by atoms with Gasteiger partial charge in [0.2, 0.25) is 0 Å². The van der Waals surface area contributed by atoms with Gasteiger partial charge in [-0.2, -0.15) is 0 Å². The molecule has 0 amide bonds. The normalized spacial score (nSPS) is 10.6. The molecule has 0 fully saturated rings. The van der Waals surface area contributed by atoms with Crippen LogP contribution in [0.5, 0.6) is 11.5 Å². The fourth-order valence-corrected chi connectivity index (χ4v) is 1.39. The van der Waals surface area contributed by atoms with Crippen molar-refractivity contribution in [1.29, 1.82) is 0 Å². The third kappa shape index (κ3) is 1.02. The molecular weight excluding hydrogens is 168 g/mol. The summed E-state index contributed by atoms with van der Waals surface area (Å²) >= 11 is 0. The maximum absolute atomic E-state index is 9.47. The molecule has 2 rings (SSSR count). The molecule has 1 aromatic carbocycles. The summed E-state index contributed by atoms with van der Waals surface area (Å²) in [6, 6.07) is 3.30. The zero-order chi connectivity index (χ0) is 9.42. The number of aromatic hydroxyl groups is 1. The van der Waals surface area contributed by atoms with Crippen LogP contribution >= 0.6 is 0 Å². The van der Waals surface area contributed by atoms with Crippen molar-refractivity contribution in [2.45, 2.75) is 0 Å². The lowest BCUT2D eigenvalue weighted by molar-refractivity contribution is 0.416. The second-order valence-electron chi connectivity index (χ2n) is 2.84. The van der Waals surface area contributed by atoms with Crippen molar-refractivity contribution in [2.75, 3.05) is 7.11 Å². The number of hydrogen-bond donors (Lipinski definition) is 1. The summed E-state index contributed by atoms with van der Waals surface area (Å²) in [7, 11) is 3.45. The Hall–Kier alpha value is -1.71. The molecule has 4 nitrogen and oxygen atoms in total. The summed E-state index contributed by atoms with van der Waals surface area (Å²) in [5, 5.41) is 9.47. The average molecular weight is 178 g/mol. The van der Waals surface area contributed by atoms with Crippen LogP contribution in [0, 0.1) is 0 Å². The lowest BCUT2D eigenvalue weighted by Crippen LogP contribution is -1.89. The van der Waals surface area contributed by atoms with Crippen molar-refractivity contribution in [3.05, 3.63) is 18.5 Å². The van der Waals surface area contributed by atoms with Crippen LogP contribution in [0.15, 0.2) is 18.5 Å². The molecule has 0 aliphatic rings. The summed E-state index contributed by atoms with van der Waals surface area (Å²) in [5.41, 5.74) is 1.38. The van der Waals surface area contributed by atoms with Gasteiger partial charge < -0.3 is 14.4 Å². The average Bonchev–Trinajstić information content (AvgIpc) is 2.51. The Kier molecular flexibility index (Phi) is 1.62. The quantitative estimate of drug-likeness (QED) is 0.715. The number of hydrogen-bond acceptors (Lipinski definition) is 3. The van der Waals surface area contributed by atoms with Crippen molar-refractivity contribution in [3.63, 3.8) is 0 Å². The summed E-state index contributed by atoms with van der Waals surface area (Å²) in [6.07, 6.45) is 1.65. The number of aromatic nitrogens is 2. The highest BCUT2D eigenvalue weighted by Gasteiger charge is 2.09. The van der Waals surface area contributed by atoms with Crippen molar-refractivity contribution in [3.8, 4) is 11.5 Å². The zero-order valence-electron chi connectivity index (χ0n) is 7.48. The first-order chi connectivity index (χ1) is 6.24. The molecule has 0 radical (unpaired) electrons. The summed E-state index contributed by atoms with van der Waals surface area (Å²) in [4.78, 5) is 4.06. The van der Waals surface area contributed by atoms with E-state index in [0.29, 0.717) is 11.3 Å². The van der Waals surface area contributed by atoms with Crippen LogP contribution in [-0.4, -0.2) is 21.8 Å². The summed E-state index contributed by atoms with van der Waals surface area (Å²) in [6.45, 7) is 0. The van der Waals surface area contributed by atoms with Crippen molar-refractivity contribution >= 4 is 11.0 Å². The van der Waals surface area contributed by atoms with E-state index in [4.69, 9.17) is 4.74 Å². The highest BCUT2D eigenvalue weighted by Crippen LogP contribution is 2.30. The molecule has 0 bridgehead atoms. The van der Waals surface area contributed by atoms with Gasteiger partial charge in [0.1, 0.15) is 22.5 Å². The van der Waals surface area contributed by atoms with E-state index in [2.05, 4.69) is 4.98 Å². The molecule has 1 N–H and O–H groups in total. The summed E-state index contributed by atoms with van der Waals surface area (Å²) < 4.78 is 6.96. The van der Waals surface area contributed by atoms with Crippen LogP contribution in [-0.2, 0) is 7.05 Å². The Morgan fingerprint density at radius 3 is 2.92 bits per heavy atom. The molecule has 1 aromatic heterocycles. The number of fused-ring (bicyclic) bond motifs is 1. The smallest absolute Gasteiger partial charge is 0.145 e. The van der Waals surface area contributed by atoms with E-state index in [0.717, 1.165) is 5.52 Å². The number of phenolic OH excluding ortho intramolecular Hbond substituents is 1. The first-order valence-electron chi connectivity index (χ1n) is 3.91. The van der Waals surface area contributed by atoms with E-state index < -0.39 is 0 Å². The second-order valence-corrected chi connectivity index (χ2v) is 2.84. The Bertz CT molecular complexity index is 448. The summed E-state index contributed by atoms with van der Waals surface area (Å²) in [5.74, 6) is 0.893. The first kappa shape index (κ1) is 7.91. The minimum Gasteiger partial charge on any atom is -0.506 e. The molecule has 13 heavy (non-hydrogen) atoms. The van der Waals surface area contributed by atoms with Gasteiger partial charge in [-0.05, 0) is 12.1 Å². The maximum atomic E-state index is 9.47. The molecular formula is C9H10N2O2. The monoisotopic (exact) mass is 178 g/mol. The van der Waals surface area contributed by atoms with Gasteiger partial charge in [-0.25, -0.2) is 4.98 Å². The number of rotatable bonds is 1. The van der Waals surface area contributed by atoms with Gasteiger partial charge in [-0.3, -0.25) is 0 Å². The van der Waals surface area contributed by atoms with E-state index in [1.807, 2.05) is 11.6 Å². The van der Waals surface area contributed by atoms with E-state index in [-0.39, 0.29) is 5.75 Å². The molecule has 0 atom stereocenters. The van der Waals surface area contributed by atoms with Gasteiger partial charge in [-0.15, -0.1) is 0 Å². The fourth-order valence-electron chi connectivity index (χ4n) is 1.39. The number of benzene rings is 1. The van der Waals surface area contributed by atoms with Crippen LogP contribution in [0.1, 0.15) is 0 Å². The van der Waals surface area contributed by atoms with Crippen LogP contribution < -0.4 is 4.74 Å². The molecule has 0 aliphatic heterocycles. The molecule has 1 heterocycles. The number of methoxy groups -OCH3 is 1. The van der Waals surface area contributed by atoms with Gasteiger partial charge in [0, 0.05) is 7.05 Å². The van der Waals surface area contributed by atoms with Gasteiger partial charge in [-0.1, -0.05) is 0 Å². The standard InChI is InChI=1S/C9H10N2O2/c1-11-5-10-8-6(12)3-4-7(13-2)9(8)11/h3-5,12H,1-2H3. The number of nitrogens with zero attached hydrogens (tertiary/aromatic N) is 2. The van der Waals surface area contributed by atoms with Gasteiger partial charge in [0.25, 0.3) is 0 Å². The fraction of sp³-hybridized carbons (Fsp3) is 0.222. The highest BCUT2D eigenvalue weighted by atomic mass is 16.5. The Labute approximate surface area is 75.4 Å². The van der Waals surface area contributed by atoms with E-state index in [1.54, 1.807) is 25.6 Å². The molecule has 0 unspecified atom stereocenters. The van der Waals surface area contributed by atoms with Crippen molar-refractivity contribution < 1.29 is 9.84 Å². The SMILES string of the molecule is COc1ccc(O)c2ncn(C)c12. The molecule has 0 saturated carbocycles. The van der Waals surface area contributed by atoms with Crippen LogP contribution in [0.3, 0.4) is 0 Å². The second kappa shape index (κ2) is 2.65. The lowest BCUT2D eigenvalue weighted by Gasteiger charge is -2.03. The highest BCUT2D eigenvalue weighted by molar-refractivity contribution is 5.87. The zero-order valence-corrected chi connectivity index (χ0v) is 7.48. The maximum Gasteiger partial charge on any atom is 0.145 e. The minimum atomic E-state index is 0.177.